The molecule has 1 amide bonds. The maximum Gasteiger partial charge on any atom is 0.495 e. The summed E-state index contributed by atoms with van der Waals surface area (Å²) in [6, 6.07) is 16.0. The number of cyclic esters (lactones) is 1. The molecule has 2 heterocycles. The summed E-state index contributed by atoms with van der Waals surface area (Å²) in [7, 11) is -0.468. The molecule has 2 atom stereocenters. The van der Waals surface area contributed by atoms with Crippen LogP contribution in [0.2, 0.25) is 0 Å². The van der Waals surface area contributed by atoms with Gasteiger partial charge in [-0.2, -0.15) is 0 Å². The molecule has 2 aliphatic rings. The van der Waals surface area contributed by atoms with Crippen molar-refractivity contribution in [2.75, 3.05) is 0 Å². The van der Waals surface area contributed by atoms with Gasteiger partial charge in [-0.3, -0.25) is 4.90 Å². The Morgan fingerprint density at radius 3 is 2.27 bits per heavy atom. The summed E-state index contributed by atoms with van der Waals surface area (Å²) >= 11 is 0. The van der Waals surface area contributed by atoms with Gasteiger partial charge >= 0.3 is 13.2 Å². The van der Waals surface area contributed by atoms with Crippen molar-refractivity contribution in [1.29, 1.82) is 0 Å². The second-order valence-corrected chi connectivity index (χ2v) is 9.37. The highest BCUT2D eigenvalue weighted by molar-refractivity contribution is 6.62. The van der Waals surface area contributed by atoms with Gasteiger partial charge in [0.15, 0.2) is 0 Å². The number of hydrogen-bond donors (Lipinski definition) is 0. The minimum Gasteiger partial charge on any atom is -0.439 e. The lowest BCUT2D eigenvalue weighted by Crippen LogP contribution is -2.41. The van der Waals surface area contributed by atoms with E-state index in [4.69, 9.17) is 14.0 Å². The summed E-state index contributed by atoms with van der Waals surface area (Å²) in [6.07, 6.45) is -0.568. The number of carbonyl (C=O) groups is 1. The molecule has 0 aliphatic carbocycles. The van der Waals surface area contributed by atoms with Crippen LogP contribution in [0.25, 0.3) is 0 Å². The molecule has 158 valence electrons. The van der Waals surface area contributed by atoms with Crippen molar-refractivity contribution in [3.63, 3.8) is 0 Å². The van der Waals surface area contributed by atoms with Crippen LogP contribution in [0.5, 0.6) is 0 Å². The zero-order valence-corrected chi connectivity index (χ0v) is 18.6. The van der Waals surface area contributed by atoms with Gasteiger partial charge in [0.25, 0.3) is 0 Å². The third-order valence-electron chi connectivity index (χ3n) is 6.67. The van der Waals surface area contributed by atoms with Gasteiger partial charge in [0.2, 0.25) is 0 Å². The van der Waals surface area contributed by atoms with Gasteiger partial charge in [-0.15, -0.1) is 0 Å². The van der Waals surface area contributed by atoms with Gasteiger partial charge in [0.1, 0.15) is 6.10 Å². The van der Waals surface area contributed by atoms with Gasteiger partial charge in [0.05, 0.1) is 17.2 Å². The Hall–Kier alpha value is -2.31. The van der Waals surface area contributed by atoms with E-state index in [1.54, 1.807) is 4.90 Å². The zero-order valence-electron chi connectivity index (χ0n) is 18.6. The minimum absolute atomic E-state index is 0.0773. The Balaban J connectivity index is 1.61. The highest BCUT2D eigenvalue weighted by Crippen LogP contribution is 2.37. The van der Waals surface area contributed by atoms with Crippen LogP contribution in [0.1, 0.15) is 57.4 Å². The molecular formula is C24H30BNO4. The molecule has 6 heteroatoms. The fraction of sp³-hybridized carbons (Fsp3) is 0.458. The maximum atomic E-state index is 12.7. The minimum atomic E-state index is -0.468. The van der Waals surface area contributed by atoms with Crippen molar-refractivity contribution in [3.05, 3.63) is 65.2 Å². The summed E-state index contributed by atoms with van der Waals surface area (Å²) < 4.78 is 18.3. The number of hydrogen-bond acceptors (Lipinski definition) is 4. The Morgan fingerprint density at radius 1 is 1.00 bits per heavy atom. The third kappa shape index (κ3) is 3.63. The van der Waals surface area contributed by atoms with Crippen molar-refractivity contribution in [2.45, 2.75) is 71.4 Å². The summed E-state index contributed by atoms with van der Waals surface area (Å²) in [5.41, 5.74) is 3.28. The topological polar surface area (TPSA) is 48.0 Å². The molecule has 5 nitrogen and oxygen atoms in total. The number of benzene rings is 2. The lowest BCUT2D eigenvalue weighted by atomic mass is 9.75. The van der Waals surface area contributed by atoms with E-state index in [0.717, 1.165) is 22.2 Å². The van der Waals surface area contributed by atoms with Crippen LogP contribution < -0.4 is 5.46 Å². The van der Waals surface area contributed by atoms with E-state index in [1.807, 2.05) is 71.0 Å². The Morgan fingerprint density at radius 2 is 1.63 bits per heavy atom. The van der Waals surface area contributed by atoms with Crippen molar-refractivity contribution in [1.82, 2.24) is 4.90 Å². The van der Waals surface area contributed by atoms with Crippen molar-refractivity contribution >= 4 is 18.7 Å². The number of carbonyl (C=O) groups excluding carboxylic acids is 1. The molecule has 2 aliphatic heterocycles. The number of amides is 1. The number of ether oxygens (including phenoxy) is 1. The summed E-state index contributed by atoms with van der Waals surface area (Å²) in [5, 5.41) is 0. The molecule has 2 saturated heterocycles. The molecule has 4 rings (SSSR count). The number of aryl methyl sites for hydroxylation is 1. The van der Waals surface area contributed by atoms with Crippen LogP contribution >= 0.6 is 0 Å². The van der Waals surface area contributed by atoms with Gasteiger partial charge in [-0.05, 0) is 58.1 Å². The summed E-state index contributed by atoms with van der Waals surface area (Å²) in [5.74, 6) is 0. The predicted molar refractivity (Wildman–Crippen MR) is 118 cm³/mol. The van der Waals surface area contributed by atoms with Gasteiger partial charge in [-0.25, -0.2) is 4.79 Å². The molecule has 0 bridgehead atoms. The number of nitrogens with zero attached hydrogens (tertiary/aromatic N) is 1. The van der Waals surface area contributed by atoms with Gasteiger partial charge in [0, 0.05) is 6.54 Å². The van der Waals surface area contributed by atoms with Crippen molar-refractivity contribution < 1.29 is 18.8 Å². The average molecular weight is 407 g/mol. The molecule has 2 aromatic rings. The molecule has 0 spiro atoms. The van der Waals surface area contributed by atoms with Crippen LogP contribution in [0, 0.1) is 6.92 Å². The predicted octanol–water partition coefficient (Wildman–Crippen LogP) is 4.38. The Labute approximate surface area is 179 Å². The van der Waals surface area contributed by atoms with Crippen LogP contribution in [0.4, 0.5) is 4.79 Å². The van der Waals surface area contributed by atoms with Crippen molar-refractivity contribution in [2.24, 2.45) is 0 Å². The maximum absolute atomic E-state index is 12.7. The SMILES string of the molecule is Cc1ccc(B2OC(C)(C)C(C)(C)O2)c(CN2C(=O)O[C@H](c3ccccc3)[C@@H]2C)c1. The normalized spacial score (nSPS) is 24.9. The Bertz CT molecular complexity index is 927. The van der Waals surface area contributed by atoms with E-state index in [0.29, 0.717) is 6.54 Å². The first-order valence-corrected chi connectivity index (χ1v) is 10.6. The molecule has 0 saturated carbocycles. The van der Waals surface area contributed by atoms with E-state index < -0.39 is 18.3 Å². The largest absolute Gasteiger partial charge is 0.495 e. The van der Waals surface area contributed by atoms with E-state index in [2.05, 4.69) is 19.1 Å². The van der Waals surface area contributed by atoms with E-state index >= 15 is 0 Å². The van der Waals surface area contributed by atoms with Crippen LogP contribution in [0.3, 0.4) is 0 Å². The second-order valence-electron chi connectivity index (χ2n) is 9.37. The molecule has 0 N–H and O–H groups in total. The molecule has 30 heavy (non-hydrogen) atoms. The quantitative estimate of drug-likeness (QED) is 0.706. The molecule has 0 aromatic heterocycles. The summed E-state index contributed by atoms with van der Waals surface area (Å²) in [6.45, 7) is 12.7. The van der Waals surface area contributed by atoms with Crippen molar-refractivity contribution in [3.8, 4) is 0 Å². The van der Waals surface area contributed by atoms with E-state index in [1.165, 1.54) is 0 Å². The van der Waals surface area contributed by atoms with Gasteiger partial charge < -0.3 is 14.0 Å². The van der Waals surface area contributed by atoms with Crippen LogP contribution in [-0.2, 0) is 20.6 Å². The molecular weight excluding hydrogens is 377 g/mol. The first-order valence-electron chi connectivity index (χ1n) is 10.6. The second kappa shape index (κ2) is 7.43. The van der Waals surface area contributed by atoms with E-state index in [-0.39, 0.29) is 18.2 Å². The Kier molecular flexibility index (Phi) is 5.19. The molecule has 2 aromatic carbocycles. The lowest BCUT2D eigenvalue weighted by molar-refractivity contribution is 0.00578. The molecule has 2 fully saturated rings. The smallest absolute Gasteiger partial charge is 0.439 e. The van der Waals surface area contributed by atoms with Crippen LogP contribution in [-0.4, -0.2) is 35.4 Å². The average Bonchev–Trinajstić information content (AvgIpc) is 3.08. The highest BCUT2D eigenvalue weighted by Gasteiger charge is 2.52. The first-order chi connectivity index (χ1) is 14.1. The van der Waals surface area contributed by atoms with Crippen LogP contribution in [0.15, 0.2) is 48.5 Å². The third-order valence-corrected chi connectivity index (χ3v) is 6.67. The number of rotatable bonds is 4. The fourth-order valence-electron chi connectivity index (χ4n) is 4.06. The summed E-state index contributed by atoms with van der Waals surface area (Å²) in [4.78, 5) is 14.5. The van der Waals surface area contributed by atoms with Gasteiger partial charge in [-0.1, -0.05) is 54.1 Å². The fourth-order valence-corrected chi connectivity index (χ4v) is 4.06. The molecule has 0 radical (unpaired) electrons. The highest BCUT2D eigenvalue weighted by atomic mass is 16.7. The van der Waals surface area contributed by atoms with E-state index in [9.17, 15) is 4.79 Å². The standard InChI is InChI=1S/C24H30BNO4/c1-16-12-13-20(25-29-23(3,4)24(5,6)30-25)19(14-16)15-26-17(2)21(28-22(26)27)18-10-8-7-9-11-18/h7-14,17,21H,15H2,1-6H3/t17-,21-/m0/s1. The zero-order chi connectivity index (χ0) is 21.7. The first kappa shape index (κ1) is 20.9. The molecule has 0 unspecified atom stereocenters. The lowest BCUT2D eigenvalue weighted by Gasteiger charge is -2.32. The monoisotopic (exact) mass is 407 g/mol.